The quantitative estimate of drug-likeness (QED) is 0.659. The van der Waals surface area contributed by atoms with E-state index in [1.165, 1.54) is 6.08 Å². The first-order chi connectivity index (χ1) is 9.47. The van der Waals surface area contributed by atoms with Crippen molar-refractivity contribution in [2.75, 3.05) is 0 Å². The number of nitrogens with one attached hydrogen (secondary N) is 1. The monoisotopic (exact) mass is 337 g/mol. The van der Waals surface area contributed by atoms with Gasteiger partial charge in [0.25, 0.3) is 5.88 Å². The Balaban J connectivity index is 2.45. The molecule has 0 saturated carbocycles. The van der Waals surface area contributed by atoms with Gasteiger partial charge in [-0.3, -0.25) is 15.1 Å². The van der Waals surface area contributed by atoms with E-state index in [9.17, 15) is 20.0 Å². The summed E-state index contributed by atoms with van der Waals surface area (Å²) >= 11 is 3.29. The summed E-state index contributed by atoms with van der Waals surface area (Å²) in [6, 6.07) is 7.18. The molecule has 0 saturated heterocycles. The van der Waals surface area contributed by atoms with Crippen LogP contribution in [0.2, 0.25) is 0 Å². The lowest BCUT2D eigenvalue weighted by Gasteiger charge is -1.99. The van der Waals surface area contributed by atoms with Crippen molar-refractivity contribution in [2.24, 2.45) is 0 Å². The lowest BCUT2D eigenvalue weighted by molar-refractivity contribution is -0.386. The maximum atomic E-state index is 11.2. The molecule has 0 aliphatic heterocycles. The number of hydrogen-bond donors (Lipinski definition) is 2. The predicted molar refractivity (Wildman–Crippen MR) is 76.2 cm³/mol. The molecule has 0 unspecified atom stereocenters. The van der Waals surface area contributed by atoms with Gasteiger partial charge < -0.3 is 5.11 Å². The first kappa shape index (κ1) is 13.9. The number of rotatable bonds is 3. The van der Waals surface area contributed by atoms with Crippen molar-refractivity contribution in [3.05, 3.63) is 60.6 Å². The van der Waals surface area contributed by atoms with Crippen LogP contribution >= 0.6 is 15.9 Å². The number of aromatic hydroxyl groups is 1. The largest absolute Gasteiger partial charge is 0.488 e. The summed E-state index contributed by atoms with van der Waals surface area (Å²) in [4.78, 5) is 26.5. The molecular formula is C12H8BrN3O4. The summed E-state index contributed by atoms with van der Waals surface area (Å²) in [7, 11) is 0. The Kier molecular flexibility index (Phi) is 3.94. The highest BCUT2D eigenvalue weighted by atomic mass is 79.9. The van der Waals surface area contributed by atoms with Crippen molar-refractivity contribution in [1.29, 1.82) is 0 Å². The van der Waals surface area contributed by atoms with Crippen molar-refractivity contribution >= 4 is 33.8 Å². The first-order valence-corrected chi connectivity index (χ1v) is 6.18. The molecule has 0 spiro atoms. The third-order valence-electron chi connectivity index (χ3n) is 2.41. The summed E-state index contributed by atoms with van der Waals surface area (Å²) in [5.41, 5.74) is -0.836. The number of nitrogens with zero attached hydrogens (tertiary/aromatic N) is 2. The zero-order valence-corrected chi connectivity index (χ0v) is 11.5. The van der Waals surface area contributed by atoms with Crippen LogP contribution in [0.25, 0.3) is 12.2 Å². The number of nitro groups is 1. The van der Waals surface area contributed by atoms with E-state index in [1.54, 1.807) is 30.3 Å². The number of hydrogen-bond acceptors (Lipinski definition) is 5. The molecule has 2 rings (SSSR count). The van der Waals surface area contributed by atoms with Crippen LogP contribution < -0.4 is 5.69 Å². The van der Waals surface area contributed by atoms with Gasteiger partial charge in [-0.2, -0.15) is 4.98 Å². The van der Waals surface area contributed by atoms with E-state index < -0.39 is 22.2 Å². The van der Waals surface area contributed by atoms with Crippen LogP contribution in [0, 0.1) is 10.1 Å². The highest BCUT2D eigenvalue weighted by Gasteiger charge is 2.21. The smallest absolute Gasteiger partial charge is 0.354 e. The van der Waals surface area contributed by atoms with Gasteiger partial charge >= 0.3 is 11.4 Å². The van der Waals surface area contributed by atoms with Crippen molar-refractivity contribution in [3.8, 4) is 5.88 Å². The molecule has 0 radical (unpaired) electrons. The van der Waals surface area contributed by atoms with E-state index in [4.69, 9.17) is 0 Å². The van der Waals surface area contributed by atoms with Gasteiger partial charge in [0.1, 0.15) is 5.69 Å². The summed E-state index contributed by atoms with van der Waals surface area (Å²) < 4.78 is 0.899. The minimum atomic E-state index is -0.908. The van der Waals surface area contributed by atoms with Gasteiger partial charge in [0.15, 0.2) is 0 Å². The fraction of sp³-hybridized carbons (Fsp3) is 0. The van der Waals surface area contributed by atoms with Crippen LogP contribution in [0.5, 0.6) is 5.88 Å². The second kappa shape index (κ2) is 5.66. The van der Waals surface area contributed by atoms with Crippen LogP contribution in [0.1, 0.15) is 11.3 Å². The SMILES string of the molecule is O=c1nc(O)c([N+](=O)[O-])c(C=Cc2ccc(Br)cc2)[nH]1. The summed E-state index contributed by atoms with van der Waals surface area (Å²) in [5, 5.41) is 20.2. The summed E-state index contributed by atoms with van der Waals surface area (Å²) in [6.07, 6.45) is 2.91. The van der Waals surface area contributed by atoms with Gasteiger partial charge in [-0.1, -0.05) is 34.1 Å². The van der Waals surface area contributed by atoms with E-state index in [-0.39, 0.29) is 5.69 Å². The molecule has 0 atom stereocenters. The topological polar surface area (TPSA) is 109 Å². The third-order valence-corrected chi connectivity index (χ3v) is 2.94. The number of benzene rings is 1. The lowest BCUT2D eigenvalue weighted by Crippen LogP contribution is -2.13. The highest BCUT2D eigenvalue weighted by Crippen LogP contribution is 2.25. The minimum absolute atomic E-state index is 0.115. The fourth-order valence-corrected chi connectivity index (χ4v) is 1.79. The molecule has 0 aliphatic rings. The Morgan fingerprint density at radius 2 is 1.95 bits per heavy atom. The van der Waals surface area contributed by atoms with E-state index >= 15 is 0 Å². The van der Waals surface area contributed by atoms with Crippen molar-refractivity contribution in [1.82, 2.24) is 9.97 Å². The molecule has 1 aromatic heterocycles. The Hall–Kier alpha value is -2.48. The zero-order valence-electron chi connectivity index (χ0n) is 9.91. The van der Waals surface area contributed by atoms with Crippen LogP contribution in [-0.4, -0.2) is 20.0 Å². The van der Waals surface area contributed by atoms with E-state index in [1.807, 2.05) is 0 Å². The molecule has 2 aromatic rings. The predicted octanol–water partition coefficient (Wildman–Crippen LogP) is 2.32. The Morgan fingerprint density at radius 3 is 2.55 bits per heavy atom. The van der Waals surface area contributed by atoms with Crippen LogP contribution in [0.3, 0.4) is 0 Å². The molecule has 8 heteroatoms. The Morgan fingerprint density at radius 1 is 1.30 bits per heavy atom. The average Bonchev–Trinajstić information content (AvgIpc) is 2.36. The van der Waals surface area contributed by atoms with Crippen LogP contribution in [0.4, 0.5) is 5.69 Å². The number of aromatic amines is 1. The highest BCUT2D eigenvalue weighted by molar-refractivity contribution is 9.10. The van der Waals surface area contributed by atoms with E-state index in [0.717, 1.165) is 10.0 Å². The van der Waals surface area contributed by atoms with Gasteiger partial charge in [0, 0.05) is 4.47 Å². The first-order valence-electron chi connectivity index (χ1n) is 5.38. The average molecular weight is 338 g/mol. The zero-order chi connectivity index (χ0) is 14.7. The summed E-state index contributed by atoms with van der Waals surface area (Å²) in [5.74, 6) is -0.908. The molecule has 102 valence electrons. The standard InChI is InChI=1S/C12H8BrN3O4/c13-8-4-1-7(2-5-8)3-6-9-10(16(19)20)11(17)15-12(18)14-9/h1-6H,(H2,14,15,17,18). The maximum Gasteiger partial charge on any atom is 0.354 e. The van der Waals surface area contributed by atoms with Crippen molar-refractivity contribution in [2.45, 2.75) is 0 Å². The second-order valence-electron chi connectivity index (χ2n) is 3.77. The third kappa shape index (κ3) is 3.09. The molecule has 7 nitrogen and oxygen atoms in total. The van der Waals surface area contributed by atoms with Gasteiger partial charge in [-0.05, 0) is 23.8 Å². The van der Waals surface area contributed by atoms with Gasteiger partial charge in [0.2, 0.25) is 0 Å². The van der Waals surface area contributed by atoms with Crippen LogP contribution in [-0.2, 0) is 0 Å². The number of halogens is 1. The second-order valence-corrected chi connectivity index (χ2v) is 4.69. The molecule has 1 heterocycles. The van der Waals surface area contributed by atoms with E-state index in [2.05, 4.69) is 25.9 Å². The Bertz CT molecular complexity index is 737. The molecule has 0 bridgehead atoms. The van der Waals surface area contributed by atoms with Gasteiger partial charge in [-0.25, -0.2) is 4.79 Å². The summed E-state index contributed by atoms with van der Waals surface area (Å²) in [6.45, 7) is 0. The van der Waals surface area contributed by atoms with Gasteiger partial charge in [-0.15, -0.1) is 0 Å². The number of aromatic nitrogens is 2. The fourth-order valence-electron chi connectivity index (χ4n) is 1.53. The molecule has 20 heavy (non-hydrogen) atoms. The lowest BCUT2D eigenvalue weighted by atomic mass is 10.2. The minimum Gasteiger partial charge on any atom is -0.488 e. The normalized spacial score (nSPS) is 10.8. The maximum absolute atomic E-state index is 11.2. The molecule has 0 amide bonds. The number of H-pyrrole nitrogens is 1. The van der Waals surface area contributed by atoms with Crippen molar-refractivity contribution in [3.63, 3.8) is 0 Å². The molecular weight excluding hydrogens is 330 g/mol. The van der Waals surface area contributed by atoms with Crippen molar-refractivity contribution < 1.29 is 10.0 Å². The molecule has 1 aromatic carbocycles. The van der Waals surface area contributed by atoms with Crippen LogP contribution in [0.15, 0.2) is 33.5 Å². The molecule has 0 aliphatic carbocycles. The molecule has 2 N–H and O–H groups in total. The molecule has 0 fully saturated rings. The van der Waals surface area contributed by atoms with Gasteiger partial charge in [0.05, 0.1) is 4.92 Å². The van der Waals surface area contributed by atoms with E-state index in [0.29, 0.717) is 0 Å². The Labute approximate surface area is 120 Å².